The van der Waals surface area contributed by atoms with Gasteiger partial charge in [0.2, 0.25) is 5.91 Å². The molecule has 1 heterocycles. The van der Waals surface area contributed by atoms with E-state index in [0.29, 0.717) is 0 Å². The van der Waals surface area contributed by atoms with Gasteiger partial charge in [-0.1, -0.05) is 0 Å². The van der Waals surface area contributed by atoms with E-state index in [9.17, 15) is 14.4 Å². The molecule has 0 saturated heterocycles. The first-order valence-corrected chi connectivity index (χ1v) is 4.97. The van der Waals surface area contributed by atoms with Crippen LogP contribution in [-0.2, 0) is 9.59 Å². The van der Waals surface area contributed by atoms with E-state index in [1.54, 1.807) is 12.1 Å². The first-order chi connectivity index (χ1) is 8.34. The molecule has 0 radical (unpaired) electrons. The quantitative estimate of drug-likeness (QED) is 0.580. The number of amides is 1. The van der Waals surface area contributed by atoms with Crippen LogP contribution in [0.2, 0.25) is 0 Å². The zero-order chi connectivity index (χ0) is 14.1. The lowest BCUT2D eigenvalue weighted by Gasteiger charge is -2.01. The van der Waals surface area contributed by atoms with Gasteiger partial charge in [-0.2, -0.15) is 0 Å². The third kappa shape index (κ3) is 7.01. The van der Waals surface area contributed by atoms with Crippen molar-refractivity contribution in [1.82, 2.24) is 4.57 Å². The van der Waals surface area contributed by atoms with Crippen molar-refractivity contribution >= 4 is 18.0 Å². The van der Waals surface area contributed by atoms with Crippen molar-refractivity contribution in [2.45, 2.75) is 18.9 Å². The second-order valence-corrected chi connectivity index (χ2v) is 3.32. The van der Waals surface area contributed by atoms with Crippen molar-refractivity contribution in [3.63, 3.8) is 0 Å². The molecule has 18 heavy (non-hydrogen) atoms. The topological polar surface area (TPSA) is 149 Å². The lowest BCUT2D eigenvalue weighted by atomic mass is 10.2. The fourth-order valence-corrected chi connectivity index (χ4v) is 0.883. The summed E-state index contributed by atoms with van der Waals surface area (Å²) in [7, 11) is 0. The summed E-state index contributed by atoms with van der Waals surface area (Å²) in [6, 6.07) is 2.34. The van der Waals surface area contributed by atoms with Crippen LogP contribution < -0.4 is 11.5 Å². The maximum atomic E-state index is 10.1. The van der Waals surface area contributed by atoms with E-state index in [0.717, 1.165) is 4.57 Å². The van der Waals surface area contributed by atoms with Gasteiger partial charge in [0, 0.05) is 18.8 Å². The van der Waals surface area contributed by atoms with Gasteiger partial charge in [0.25, 0.3) is 0 Å². The fraction of sp³-hybridized carbons (Fsp3) is 0.300. The minimum absolute atomic E-state index is 0.0213. The Hall–Kier alpha value is -2.35. The highest BCUT2D eigenvalue weighted by atomic mass is 16.4. The second kappa shape index (κ2) is 7.85. The molecule has 1 rings (SSSR count). The van der Waals surface area contributed by atoms with Crippen molar-refractivity contribution < 1.29 is 24.6 Å². The Morgan fingerprint density at radius 3 is 1.94 bits per heavy atom. The number of carboxylic acid groups (broad SMARTS) is 2. The zero-order valence-electron chi connectivity index (χ0n) is 9.52. The number of rotatable bonds is 4. The van der Waals surface area contributed by atoms with Crippen molar-refractivity contribution in [1.29, 1.82) is 0 Å². The van der Waals surface area contributed by atoms with E-state index in [1.807, 2.05) is 0 Å². The molecule has 0 fully saturated rings. The Morgan fingerprint density at radius 2 is 1.67 bits per heavy atom. The van der Waals surface area contributed by atoms with Crippen molar-refractivity contribution in [2.24, 2.45) is 11.5 Å². The number of carbonyl (C=O) groups excluding carboxylic acids is 1. The van der Waals surface area contributed by atoms with Crippen LogP contribution in [0.15, 0.2) is 24.5 Å². The predicted molar refractivity (Wildman–Crippen MR) is 61.9 cm³/mol. The number of hydrogen-bond acceptors (Lipinski definition) is 4. The molecule has 8 heteroatoms. The highest BCUT2D eigenvalue weighted by molar-refractivity contribution is 5.76. The van der Waals surface area contributed by atoms with Crippen LogP contribution in [0.25, 0.3) is 0 Å². The molecule has 0 saturated carbocycles. The first kappa shape index (κ1) is 15.7. The van der Waals surface area contributed by atoms with Crippen LogP contribution in [0, 0.1) is 0 Å². The summed E-state index contributed by atoms with van der Waals surface area (Å²) in [6.07, 6.45) is 2.12. The number of carbonyl (C=O) groups is 3. The van der Waals surface area contributed by atoms with Gasteiger partial charge in [0.05, 0.1) is 0 Å². The molecule has 0 aromatic carbocycles. The maximum absolute atomic E-state index is 10.1. The second-order valence-electron chi connectivity index (χ2n) is 3.32. The molecule has 1 atom stereocenters. The molecule has 0 unspecified atom stereocenters. The van der Waals surface area contributed by atoms with E-state index >= 15 is 0 Å². The molecular weight excluding hydrogens is 242 g/mol. The van der Waals surface area contributed by atoms with Gasteiger partial charge in [-0.3, -0.25) is 14.2 Å². The standard InChI is InChI=1S/C5H10N2O3.C5H5NO2/c6-3(5(9)10)1-2-4(7)8;7-5(8)6-3-1-2-4-6/h3H,1-2,6H2,(H2,7,8)(H,9,10);1-4H,(H,7,8)/t3-;/m1./s1. The van der Waals surface area contributed by atoms with E-state index in [1.165, 1.54) is 12.4 Å². The molecule has 1 aromatic rings. The Bertz CT molecular complexity index is 402. The molecule has 0 aliphatic rings. The highest BCUT2D eigenvalue weighted by Crippen LogP contribution is 1.92. The number of nitrogens with two attached hydrogens (primary N) is 2. The lowest BCUT2D eigenvalue weighted by Crippen LogP contribution is -2.31. The zero-order valence-corrected chi connectivity index (χ0v) is 9.52. The maximum Gasteiger partial charge on any atom is 0.415 e. The van der Waals surface area contributed by atoms with E-state index in [2.05, 4.69) is 0 Å². The van der Waals surface area contributed by atoms with Crippen LogP contribution in [0.3, 0.4) is 0 Å². The van der Waals surface area contributed by atoms with Crippen molar-refractivity contribution in [3.05, 3.63) is 24.5 Å². The molecule has 100 valence electrons. The van der Waals surface area contributed by atoms with Gasteiger partial charge in [-0.05, 0) is 18.6 Å². The average Bonchev–Trinajstić information content (AvgIpc) is 2.79. The number of nitrogens with zero attached hydrogens (tertiary/aromatic N) is 1. The van der Waals surface area contributed by atoms with Gasteiger partial charge >= 0.3 is 12.1 Å². The Balaban J connectivity index is 0.000000327. The summed E-state index contributed by atoms with van der Waals surface area (Å²) in [6.45, 7) is 0. The monoisotopic (exact) mass is 257 g/mol. The van der Waals surface area contributed by atoms with Gasteiger partial charge in [0.1, 0.15) is 6.04 Å². The fourth-order valence-electron chi connectivity index (χ4n) is 0.883. The summed E-state index contributed by atoms with van der Waals surface area (Å²) < 4.78 is 1.08. The van der Waals surface area contributed by atoms with E-state index in [-0.39, 0.29) is 12.8 Å². The summed E-state index contributed by atoms with van der Waals surface area (Å²) >= 11 is 0. The SMILES string of the molecule is NC(=O)CC[C@@H](N)C(=O)O.O=C(O)n1cccc1. The van der Waals surface area contributed by atoms with Crippen LogP contribution in [0.1, 0.15) is 12.8 Å². The van der Waals surface area contributed by atoms with Gasteiger partial charge in [-0.15, -0.1) is 0 Å². The number of carboxylic acids is 1. The van der Waals surface area contributed by atoms with Gasteiger partial charge < -0.3 is 21.7 Å². The third-order valence-corrected chi connectivity index (χ3v) is 1.84. The first-order valence-electron chi connectivity index (χ1n) is 4.97. The summed E-state index contributed by atoms with van der Waals surface area (Å²) in [5.74, 6) is -1.64. The molecule has 0 aliphatic carbocycles. The van der Waals surface area contributed by atoms with Crippen LogP contribution >= 0.6 is 0 Å². The Kier molecular flexibility index (Phi) is 6.82. The highest BCUT2D eigenvalue weighted by Gasteiger charge is 2.11. The molecule has 8 nitrogen and oxygen atoms in total. The van der Waals surface area contributed by atoms with Crippen LogP contribution in [0.5, 0.6) is 0 Å². The number of hydrogen-bond donors (Lipinski definition) is 4. The van der Waals surface area contributed by atoms with Crippen molar-refractivity contribution in [2.75, 3.05) is 0 Å². The van der Waals surface area contributed by atoms with Crippen LogP contribution in [0.4, 0.5) is 4.79 Å². The number of aliphatic carboxylic acids is 1. The normalized spacial score (nSPS) is 10.9. The Labute approximate surface area is 103 Å². The molecule has 0 aliphatic heterocycles. The lowest BCUT2D eigenvalue weighted by molar-refractivity contribution is -0.138. The van der Waals surface area contributed by atoms with Crippen LogP contribution in [-0.4, -0.2) is 38.8 Å². The summed E-state index contributed by atoms with van der Waals surface area (Å²) in [4.78, 5) is 30.2. The smallest absolute Gasteiger partial charge is 0.415 e. The summed E-state index contributed by atoms with van der Waals surface area (Å²) in [5.41, 5.74) is 9.81. The predicted octanol–water partition coefficient (Wildman–Crippen LogP) is -0.322. The molecule has 1 amide bonds. The third-order valence-electron chi connectivity index (χ3n) is 1.84. The largest absolute Gasteiger partial charge is 0.480 e. The molecular formula is C10H15N3O5. The minimum atomic E-state index is -1.11. The number of primary amides is 1. The average molecular weight is 257 g/mol. The summed E-state index contributed by atoms with van der Waals surface area (Å²) in [5, 5.41) is 16.5. The van der Waals surface area contributed by atoms with E-state index < -0.39 is 24.0 Å². The van der Waals surface area contributed by atoms with Gasteiger partial charge in [0.15, 0.2) is 0 Å². The molecule has 0 spiro atoms. The molecule has 1 aromatic heterocycles. The Morgan fingerprint density at radius 1 is 1.17 bits per heavy atom. The molecule has 0 bridgehead atoms. The minimum Gasteiger partial charge on any atom is -0.480 e. The van der Waals surface area contributed by atoms with E-state index in [4.69, 9.17) is 21.7 Å². The van der Waals surface area contributed by atoms with Gasteiger partial charge in [-0.25, -0.2) is 4.79 Å². The number of aromatic nitrogens is 1. The molecule has 6 N–H and O–H groups in total. The van der Waals surface area contributed by atoms with Crippen molar-refractivity contribution in [3.8, 4) is 0 Å².